The van der Waals surface area contributed by atoms with E-state index in [1.165, 1.54) is 11.3 Å². The minimum atomic E-state index is -1.26. The molecule has 0 saturated carbocycles. The van der Waals surface area contributed by atoms with Crippen LogP contribution in [0.25, 0.3) is 6.08 Å². The van der Waals surface area contributed by atoms with Gasteiger partial charge in [0.05, 0.1) is 40.8 Å². The molecule has 2 rings (SSSR count). The number of cyclic esters (lactones) is 1. The highest BCUT2D eigenvalue weighted by Gasteiger charge is 2.42. The van der Waals surface area contributed by atoms with Gasteiger partial charge in [0.25, 0.3) is 0 Å². The fraction of sp³-hybridized carbons (Fsp3) is 0.667. The number of aliphatic hydroxyl groups is 3. The van der Waals surface area contributed by atoms with Gasteiger partial charge in [0.15, 0.2) is 0 Å². The molecule has 0 bridgehead atoms. The molecule has 8 heteroatoms. The first-order valence-electron chi connectivity index (χ1n) is 12.3. The summed E-state index contributed by atoms with van der Waals surface area (Å²) >= 11 is 1.53. The third-order valence-electron chi connectivity index (χ3n) is 7.21. The normalized spacial score (nSPS) is 33.7. The second-order valence-corrected chi connectivity index (χ2v) is 11.6. The van der Waals surface area contributed by atoms with Crippen molar-refractivity contribution in [3.05, 3.63) is 33.3 Å². The van der Waals surface area contributed by atoms with E-state index in [2.05, 4.69) is 4.98 Å². The molecule has 0 aliphatic carbocycles. The number of rotatable bonds is 2. The van der Waals surface area contributed by atoms with Crippen LogP contribution in [0.3, 0.4) is 0 Å². The lowest BCUT2D eigenvalue weighted by atomic mass is 9.73. The zero-order chi connectivity index (χ0) is 26.5. The Balaban J connectivity index is 2.38. The average molecular weight is 508 g/mol. The van der Waals surface area contributed by atoms with E-state index in [-0.39, 0.29) is 18.1 Å². The van der Waals surface area contributed by atoms with Gasteiger partial charge in [-0.3, -0.25) is 9.59 Å². The third kappa shape index (κ3) is 7.81. The number of carbonyl (C=O) groups is 2. The molecule has 0 radical (unpaired) electrons. The monoisotopic (exact) mass is 507 g/mol. The maximum Gasteiger partial charge on any atom is 0.309 e. The number of aryl methyl sites for hydroxylation is 1. The van der Waals surface area contributed by atoms with Gasteiger partial charge in [-0.2, -0.15) is 0 Å². The summed E-state index contributed by atoms with van der Waals surface area (Å²) in [7, 11) is 0. The molecule has 0 spiro atoms. The smallest absolute Gasteiger partial charge is 0.309 e. The summed E-state index contributed by atoms with van der Waals surface area (Å²) < 4.78 is 5.76. The number of aliphatic hydroxyl groups excluding tert-OH is 3. The zero-order valence-corrected chi connectivity index (χ0v) is 22.8. The quantitative estimate of drug-likeness (QED) is 0.405. The lowest BCUT2D eigenvalue weighted by molar-refractivity contribution is -0.154. The van der Waals surface area contributed by atoms with Gasteiger partial charge in [-0.25, -0.2) is 4.98 Å². The van der Waals surface area contributed by atoms with E-state index in [4.69, 9.17) is 4.74 Å². The molecule has 35 heavy (non-hydrogen) atoms. The van der Waals surface area contributed by atoms with Crippen molar-refractivity contribution in [1.82, 2.24) is 4.98 Å². The molecule has 0 saturated heterocycles. The number of aromatic nitrogens is 1. The zero-order valence-electron chi connectivity index (χ0n) is 21.9. The Morgan fingerprint density at radius 2 is 1.83 bits per heavy atom. The summed E-state index contributed by atoms with van der Waals surface area (Å²) in [6.07, 6.45) is 1.23. The standard InChI is InChI=1S/C27H41NO6S/c1-15-9-11-22(17(3)12-20-14-35-19(5)28-20)34-24(31)13-23(30)27(6,7)26(33)18(4)25(32)16(2)8-10-21(15)29/h9,12,14,16,18,21-23,25,29-30,32H,8,10-11,13H2,1-7H3/b15-9-,17-12+/t16-,18+,21+,22-,23-,25?/m0/s1. The second kappa shape index (κ2) is 12.4. The molecule has 1 aromatic rings. The van der Waals surface area contributed by atoms with Crippen LogP contribution in [-0.4, -0.2) is 56.5 Å². The second-order valence-electron chi connectivity index (χ2n) is 10.5. The highest BCUT2D eigenvalue weighted by atomic mass is 32.1. The molecule has 1 aliphatic rings. The van der Waals surface area contributed by atoms with Crippen molar-refractivity contribution in [3.8, 4) is 0 Å². The summed E-state index contributed by atoms with van der Waals surface area (Å²) in [5, 5.41) is 35.1. The first-order valence-corrected chi connectivity index (χ1v) is 13.2. The number of Topliss-reactive ketones (excluding diaryl/α,β-unsaturated/α-hetero) is 1. The first-order chi connectivity index (χ1) is 16.2. The molecule has 0 aromatic carbocycles. The van der Waals surface area contributed by atoms with Crippen molar-refractivity contribution in [2.75, 3.05) is 0 Å². The topological polar surface area (TPSA) is 117 Å². The number of esters is 1. The molecule has 196 valence electrons. The fourth-order valence-electron chi connectivity index (χ4n) is 4.37. The molecule has 7 nitrogen and oxygen atoms in total. The first kappa shape index (κ1) is 29.4. The van der Waals surface area contributed by atoms with Gasteiger partial charge in [-0.05, 0) is 56.8 Å². The van der Waals surface area contributed by atoms with E-state index < -0.39 is 41.7 Å². The predicted molar refractivity (Wildman–Crippen MR) is 138 cm³/mol. The molecule has 2 heterocycles. The summed E-state index contributed by atoms with van der Waals surface area (Å²) in [6.45, 7) is 12.3. The Hall–Kier alpha value is -1.87. The number of thiazole rings is 1. The SMILES string of the molecule is C/C1=C/C[C@@H](/C(C)=C/c2csc(C)n2)OC(=O)C[C@H](O)C(C)(C)C(=O)[C@H](C)C(O)[C@@H](C)CC[C@H]1O. The van der Waals surface area contributed by atoms with Crippen LogP contribution in [0.4, 0.5) is 0 Å². The van der Waals surface area contributed by atoms with Crippen molar-refractivity contribution in [3.63, 3.8) is 0 Å². The Bertz CT molecular complexity index is 949. The van der Waals surface area contributed by atoms with Gasteiger partial charge in [0, 0.05) is 17.7 Å². The summed E-state index contributed by atoms with van der Waals surface area (Å²) in [6, 6.07) is 0. The number of hydrogen-bond donors (Lipinski definition) is 3. The Morgan fingerprint density at radius 1 is 1.17 bits per heavy atom. The Morgan fingerprint density at radius 3 is 2.43 bits per heavy atom. The van der Waals surface area contributed by atoms with Crippen LogP contribution in [0.1, 0.15) is 77.9 Å². The molecule has 0 amide bonds. The highest BCUT2D eigenvalue weighted by Crippen LogP contribution is 2.32. The minimum absolute atomic E-state index is 0.221. The minimum Gasteiger partial charge on any atom is -0.457 e. The molecule has 3 N–H and O–H groups in total. The Labute approximate surface area is 212 Å². The maximum atomic E-state index is 13.2. The van der Waals surface area contributed by atoms with Gasteiger partial charge in [-0.1, -0.05) is 33.8 Å². The maximum absolute atomic E-state index is 13.2. The fourth-order valence-corrected chi connectivity index (χ4v) is 4.94. The van der Waals surface area contributed by atoms with Gasteiger partial charge >= 0.3 is 5.97 Å². The summed E-state index contributed by atoms with van der Waals surface area (Å²) in [5.41, 5.74) is 1.08. The Kier molecular flexibility index (Phi) is 10.4. The van der Waals surface area contributed by atoms with Gasteiger partial charge in [0.2, 0.25) is 0 Å². The van der Waals surface area contributed by atoms with Crippen LogP contribution in [0.15, 0.2) is 22.6 Å². The molecule has 1 aliphatic heterocycles. The van der Waals surface area contributed by atoms with Crippen molar-refractivity contribution >= 4 is 29.2 Å². The largest absolute Gasteiger partial charge is 0.457 e. The van der Waals surface area contributed by atoms with Crippen molar-refractivity contribution in [1.29, 1.82) is 0 Å². The van der Waals surface area contributed by atoms with Crippen LogP contribution in [0.5, 0.6) is 0 Å². The molecule has 1 aromatic heterocycles. The lowest BCUT2D eigenvalue weighted by Gasteiger charge is -2.34. The summed E-state index contributed by atoms with van der Waals surface area (Å²) in [5.74, 6) is -1.88. The summed E-state index contributed by atoms with van der Waals surface area (Å²) in [4.78, 5) is 30.5. The van der Waals surface area contributed by atoms with Crippen LogP contribution in [0.2, 0.25) is 0 Å². The van der Waals surface area contributed by atoms with E-state index in [1.54, 1.807) is 20.8 Å². The molecule has 0 fully saturated rings. The van der Waals surface area contributed by atoms with Crippen LogP contribution >= 0.6 is 11.3 Å². The molecule has 1 unspecified atom stereocenters. The van der Waals surface area contributed by atoms with Gasteiger partial charge in [-0.15, -0.1) is 11.3 Å². The van der Waals surface area contributed by atoms with E-state index in [9.17, 15) is 24.9 Å². The van der Waals surface area contributed by atoms with Crippen molar-refractivity contribution in [2.45, 2.75) is 98.6 Å². The van der Waals surface area contributed by atoms with Crippen LogP contribution in [0, 0.1) is 24.2 Å². The van der Waals surface area contributed by atoms with E-state index in [0.717, 1.165) is 21.8 Å². The predicted octanol–water partition coefficient (Wildman–Crippen LogP) is 4.24. The molecular weight excluding hydrogens is 466 g/mol. The number of carbonyl (C=O) groups excluding carboxylic acids is 2. The molecular formula is C27H41NO6S. The highest BCUT2D eigenvalue weighted by molar-refractivity contribution is 7.09. The van der Waals surface area contributed by atoms with Gasteiger partial charge < -0.3 is 20.1 Å². The van der Waals surface area contributed by atoms with Crippen LogP contribution in [-0.2, 0) is 14.3 Å². The molecule has 6 atom stereocenters. The van der Waals surface area contributed by atoms with Gasteiger partial charge in [0.1, 0.15) is 11.9 Å². The number of ether oxygens (including phenoxy) is 1. The average Bonchev–Trinajstić information content (AvgIpc) is 3.21. The number of hydrogen-bond acceptors (Lipinski definition) is 8. The third-order valence-corrected chi connectivity index (χ3v) is 8.00. The van der Waals surface area contributed by atoms with E-state index in [1.807, 2.05) is 45.2 Å². The van der Waals surface area contributed by atoms with Crippen LogP contribution < -0.4 is 0 Å². The lowest BCUT2D eigenvalue weighted by Crippen LogP contribution is -2.45. The van der Waals surface area contributed by atoms with Crippen molar-refractivity contribution in [2.24, 2.45) is 17.3 Å². The number of nitrogens with zero attached hydrogens (tertiary/aromatic N) is 1. The number of ketones is 1. The van der Waals surface area contributed by atoms with Crippen molar-refractivity contribution < 1.29 is 29.6 Å². The van der Waals surface area contributed by atoms with E-state index >= 15 is 0 Å². The van der Waals surface area contributed by atoms with E-state index in [0.29, 0.717) is 19.3 Å².